The van der Waals surface area contributed by atoms with Crippen LogP contribution in [0.4, 0.5) is 0 Å². The Hall–Kier alpha value is -1.22. The third-order valence-corrected chi connectivity index (χ3v) is 2.76. The molecule has 0 aliphatic carbocycles. The Bertz CT molecular complexity index is 395. The zero-order valence-corrected chi connectivity index (χ0v) is 8.87. The van der Waals surface area contributed by atoms with Crippen molar-refractivity contribution in [1.29, 1.82) is 0 Å². The summed E-state index contributed by atoms with van der Waals surface area (Å²) in [6.45, 7) is 0.900. The molecule has 0 amide bonds. The van der Waals surface area contributed by atoms with Crippen molar-refractivity contribution in [2.24, 2.45) is 0 Å². The number of hydrogen-bond donors (Lipinski definition) is 0. The molecule has 0 saturated heterocycles. The van der Waals surface area contributed by atoms with E-state index in [1.165, 1.54) is 5.56 Å². The Kier molecular flexibility index (Phi) is 2.89. The molecule has 1 heterocycles. The van der Waals surface area contributed by atoms with Gasteiger partial charge >= 0.3 is 0 Å². The summed E-state index contributed by atoms with van der Waals surface area (Å²) in [7, 11) is 0. The standard InChI is InChI=1S/C11H12N2S/c1-14-11-12-7-8-13(11)9-10-5-3-2-4-6-10/h2-8H,9H2,1H3. The van der Waals surface area contributed by atoms with Crippen molar-refractivity contribution >= 4 is 11.8 Å². The molecule has 2 rings (SSSR count). The lowest BCUT2D eigenvalue weighted by Gasteiger charge is -2.05. The maximum atomic E-state index is 4.26. The molecule has 2 nitrogen and oxygen atoms in total. The lowest BCUT2D eigenvalue weighted by molar-refractivity contribution is 0.709. The summed E-state index contributed by atoms with van der Waals surface area (Å²) in [6, 6.07) is 10.4. The van der Waals surface area contributed by atoms with Gasteiger partial charge in [0.25, 0.3) is 0 Å². The quantitative estimate of drug-likeness (QED) is 0.715. The minimum absolute atomic E-state index is 0.900. The van der Waals surface area contributed by atoms with E-state index in [4.69, 9.17) is 0 Å². The highest BCUT2D eigenvalue weighted by Crippen LogP contribution is 2.13. The molecular formula is C11H12N2S. The predicted octanol–water partition coefficient (Wildman–Crippen LogP) is 2.65. The molecule has 0 bridgehead atoms. The van der Waals surface area contributed by atoms with Crippen LogP contribution in [0.1, 0.15) is 5.56 Å². The van der Waals surface area contributed by atoms with Crippen LogP contribution in [0.2, 0.25) is 0 Å². The van der Waals surface area contributed by atoms with Gasteiger partial charge in [0.15, 0.2) is 5.16 Å². The largest absolute Gasteiger partial charge is 0.322 e. The van der Waals surface area contributed by atoms with Crippen LogP contribution in [0, 0.1) is 0 Å². The Labute approximate surface area is 88.0 Å². The Morgan fingerprint density at radius 1 is 1.29 bits per heavy atom. The number of thioether (sulfide) groups is 1. The number of aromatic nitrogens is 2. The topological polar surface area (TPSA) is 17.8 Å². The molecule has 0 N–H and O–H groups in total. The fraction of sp³-hybridized carbons (Fsp3) is 0.182. The van der Waals surface area contributed by atoms with Crippen LogP contribution in [-0.2, 0) is 6.54 Å². The van der Waals surface area contributed by atoms with Crippen molar-refractivity contribution in [3.63, 3.8) is 0 Å². The van der Waals surface area contributed by atoms with Gasteiger partial charge in [-0.3, -0.25) is 0 Å². The smallest absolute Gasteiger partial charge is 0.167 e. The van der Waals surface area contributed by atoms with Gasteiger partial charge in [0.05, 0.1) is 0 Å². The minimum Gasteiger partial charge on any atom is -0.322 e. The second-order valence-electron chi connectivity index (χ2n) is 3.03. The monoisotopic (exact) mass is 204 g/mol. The number of imidazole rings is 1. The summed E-state index contributed by atoms with van der Waals surface area (Å²) in [6.07, 6.45) is 5.90. The first kappa shape index (κ1) is 9.34. The van der Waals surface area contributed by atoms with Gasteiger partial charge in [-0.15, -0.1) is 0 Å². The Morgan fingerprint density at radius 2 is 2.07 bits per heavy atom. The summed E-state index contributed by atoms with van der Waals surface area (Å²) in [5, 5.41) is 1.06. The van der Waals surface area contributed by atoms with Crippen LogP contribution in [0.3, 0.4) is 0 Å². The van der Waals surface area contributed by atoms with Gasteiger partial charge in [0.2, 0.25) is 0 Å². The molecule has 1 aromatic carbocycles. The third-order valence-electron chi connectivity index (χ3n) is 2.06. The Morgan fingerprint density at radius 3 is 2.79 bits per heavy atom. The molecule has 0 fully saturated rings. The van der Waals surface area contributed by atoms with Crippen LogP contribution in [0.15, 0.2) is 47.9 Å². The van der Waals surface area contributed by atoms with Gasteiger partial charge in [-0.1, -0.05) is 42.1 Å². The van der Waals surface area contributed by atoms with Crippen molar-refractivity contribution in [2.45, 2.75) is 11.7 Å². The highest BCUT2D eigenvalue weighted by atomic mass is 32.2. The molecule has 14 heavy (non-hydrogen) atoms. The summed E-state index contributed by atoms with van der Waals surface area (Å²) in [4.78, 5) is 4.26. The Balaban J connectivity index is 2.19. The fourth-order valence-electron chi connectivity index (χ4n) is 1.39. The lowest BCUT2D eigenvalue weighted by Crippen LogP contribution is -1.99. The normalized spacial score (nSPS) is 10.4. The number of rotatable bonds is 3. The third kappa shape index (κ3) is 1.99. The highest BCUT2D eigenvalue weighted by molar-refractivity contribution is 7.98. The molecule has 2 aromatic rings. The maximum Gasteiger partial charge on any atom is 0.167 e. The van der Waals surface area contributed by atoms with Crippen molar-refractivity contribution < 1.29 is 0 Å². The molecule has 1 aromatic heterocycles. The van der Waals surface area contributed by atoms with Crippen LogP contribution >= 0.6 is 11.8 Å². The summed E-state index contributed by atoms with van der Waals surface area (Å²) < 4.78 is 2.15. The summed E-state index contributed by atoms with van der Waals surface area (Å²) in [5.41, 5.74) is 1.31. The van der Waals surface area contributed by atoms with E-state index in [0.717, 1.165) is 11.7 Å². The SMILES string of the molecule is CSc1nccn1Cc1ccccc1. The van der Waals surface area contributed by atoms with E-state index in [1.807, 2.05) is 24.7 Å². The van der Waals surface area contributed by atoms with E-state index in [9.17, 15) is 0 Å². The number of hydrogen-bond acceptors (Lipinski definition) is 2. The molecule has 0 aliphatic rings. The van der Waals surface area contributed by atoms with E-state index in [0.29, 0.717) is 0 Å². The van der Waals surface area contributed by atoms with E-state index < -0.39 is 0 Å². The lowest BCUT2D eigenvalue weighted by atomic mass is 10.2. The van der Waals surface area contributed by atoms with Gasteiger partial charge < -0.3 is 4.57 Å². The van der Waals surface area contributed by atoms with E-state index in [-0.39, 0.29) is 0 Å². The van der Waals surface area contributed by atoms with E-state index in [1.54, 1.807) is 11.8 Å². The maximum absolute atomic E-state index is 4.26. The zero-order chi connectivity index (χ0) is 9.80. The van der Waals surface area contributed by atoms with Crippen LogP contribution in [0.5, 0.6) is 0 Å². The second-order valence-corrected chi connectivity index (χ2v) is 3.80. The molecule has 0 saturated carbocycles. The van der Waals surface area contributed by atoms with Crippen LogP contribution in [0.25, 0.3) is 0 Å². The van der Waals surface area contributed by atoms with Crippen molar-refractivity contribution in [2.75, 3.05) is 6.26 Å². The number of benzene rings is 1. The molecule has 0 atom stereocenters. The minimum atomic E-state index is 0.900. The van der Waals surface area contributed by atoms with Crippen molar-refractivity contribution in [3.8, 4) is 0 Å². The predicted molar refractivity (Wildman–Crippen MR) is 59.6 cm³/mol. The molecule has 72 valence electrons. The van der Waals surface area contributed by atoms with Crippen molar-refractivity contribution in [1.82, 2.24) is 9.55 Å². The van der Waals surface area contributed by atoms with Gasteiger partial charge in [-0.25, -0.2) is 4.98 Å². The summed E-state index contributed by atoms with van der Waals surface area (Å²) in [5.74, 6) is 0. The zero-order valence-electron chi connectivity index (χ0n) is 8.05. The van der Waals surface area contributed by atoms with Gasteiger partial charge in [-0.2, -0.15) is 0 Å². The molecule has 3 heteroatoms. The highest BCUT2D eigenvalue weighted by Gasteiger charge is 2.00. The van der Waals surface area contributed by atoms with Crippen LogP contribution in [-0.4, -0.2) is 15.8 Å². The first-order valence-corrected chi connectivity index (χ1v) is 5.71. The molecule has 0 aliphatic heterocycles. The van der Waals surface area contributed by atoms with Gasteiger partial charge in [0.1, 0.15) is 0 Å². The molecular weight excluding hydrogens is 192 g/mol. The van der Waals surface area contributed by atoms with E-state index in [2.05, 4.69) is 33.8 Å². The van der Waals surface area contributed by atoms with Gasteiger partial charge in [0, 0.05) is 18.9 Å². The average Bonchev–Trinajstić information content (AvgIpc) is 2.67. The fourth-order valence-corrected chi connectivity index (χ4v) is 1.91. The number of nitrogens with zero attached hydrogens (tertiary/aromatic N) is 2. The van der Waals surface area contributed by atoms with Crippen LogP contribution < -0.4 is 0 Å². The van der Waals surface area contributed by atoms with Gasteiger partial charge in [-0.05, 0) is 11.8 Å². The van der Waals surface area contributed by atoms with E-state index >= 15 is 0 Å². The van der Waals surface area contributed by atoms with Crippen molar-refractivity contribution in [3.05, 3.63) is 48.3 Å². The molecule has 0 unspecified atom stereocenters. The first-order valence-electron chi connectivity index (χ1n) is 4.49. The molecule has 0 spiro atoms. The second kappa shape index (κ2) is 4.33. The average molecular weight is 204 g/mol. The summed E-state index contributed by atoms with van der Waals surface area (Å²) >= 11 is 1.67. The first-order chi connectivity index (χ1) is 6.90. The molecule has 0 radical (unpaired) electrons.